The summed E-state index contributed by atoms with van der Waals surface area (Å²) in [4.78, 5) is 4.67. The van der Waals surface area contributed by atoms with Gasteiger partial charge in [-0.25, -0.2) is 4.98 Å². The number of benzene rings is 1. The standard InChI is InChI=1S/C17H20IN3O/c18-15-9-21(17-6-13(7-17)14(19)8-17)16(20-15)11-22-10-12-4-2-1-3-5-12/h1-5,9,13-14H,6-8,10-11,19H2/t13?,14-,17?/m0/s1. The maximum absolute atomic E-state index is 6.21. The van der Waals surface area contributed by atoms with Crippen LogP contribution in [0.4, 0.5) is 0 Å². The molecule has 2 N–H and O–H groups in total. The minimum Gasteiger partial charge on any atom is -0.369 e. The Hall–Kier alpha value is -0.920. The van der Waals surface area contributed by atoms with E-state index in [0.717, 1.165) is 15.9 Å². The Balaban J connectivity index is 1.46. The highest BCUT2D eigenvalue weighted by Gasteiger charge is 2.56. The molecule has 3 aliphatic rings. The van der Waals surface area contributed by atoms with Gasteiger partial charge in [0, 0.05) is 17.8 Å². The van der Waals surface area contributed by atoms with Crippen molar-refractivity contribution in [1.82, 2.24) is 9.55 Å². The summed E-state index contributed by atoms with van der Waals surface area (Å²) in [5.74, 6) is 1.74. The maximum atomic E-state index is 6.21. The molecule has 4 nitrogen and oxygen atoms in total. The molecule has 0 amide bonds. The number of nitrogens with zero attached hydrogens (tertiary/aromatic N) is 2. The predicted octanol–water partition coefficient (Wildman–Crippen LogP) is 3.04. The van der Waals surface area contributed by atoms with Crippen LogP contribution >= 0.6 is 22.6 Å². The highest BCUT2D eigenvalue weighted by atomic mass is 127. The molecular formula is C17H20IN3O. The molecule has 0 aliphatic heterocycles. The van der Waals surface area contributed by atoms with Crippen LogP contribution in [-0.4, -0.2) is 15.6 Å². The van der Waals surface area contributed by atoms with Gasteiger partial charge in [-0.15, -0.1) is 0 Å². The smallest absolute Gasteiger partial charge is 0.136 e. The van der Waals surface area contributed by atoms with Gasteiger partial charge >= 0.3 is 0 Å². The van der Waals surface area contributed by atoms with Crippen LogP contribution in [0.2, 0.25) is 0 Å². The second kappa shape index (κ2) is 5.62. The third-order valence-electron chi connectivity index (χ3n) is 5.11. The van der Waals surface area contributed by atoms with Crippen molar-refractivity contribution in [2.24, 2.45) is 11.7 Å². The van der Waals surface area contributed by atoms with Crippen LogP contribution in [0.25, 0.3) is 0 Å². The van der Waals surface area contributed by atoms with E-state index < -0.39 is 0 Å². The van der Waals surface area contributed by atoms with Crippen LogP contribution in [0.3, 0.4) is 0 Å². The van der Waals surface area contributed by atoms with Crippen molar-refractivity contribution in [3.05, 3.63) is 51.6 Å². The second-order valence-electron chi connectivity index (χ2n) is 6.59. The van der Waals surface area contributed by atoms with Crippen molar-refractivity contribution in [1.29, 1.82) is 0 Å². The molecule has 3 aliphatic carbocycles. The first-order chi connectivity index (χ1) is 10.7. The zero-order valence-corrected chi connectivity index (χ0v) is 14.6. The van der Waals surface area contributed by atoms with Crippen molar-refractivity contribution >= 4 is 22.6 Å². The molecule has 3 fully saturated rings. The van der Waals surface area contributed by atoms with E-state index in [-0.39, 0.29) is 5.54 Å². The molecule has 1 aromatic carbocycles. The largest absolute Gasteiger partial charge is 0.369 e. The van der Waals surface area contributed by atoms with Gasteiger partial charge in [-0.1, -0.05) is 30.3 Å². The van der Waals surface area contributed by atoms with Crippen LogP contribution in [0.15, 0.2) is 36.5 Å². The maximum Gasteiger partial charge on any atom is 0.136 e. The molecule has 0 spiro atoms. The summed E-state index contributed by atoms with van der Waals surface area (Å²) < 4.78 is 9.28. The summed E-state index contributed by atoms with van der Waals surface area (Å²) in [6, 6.07) is 10.6. The van der Waals surface area contributed by atoms with Gasteiger partial charge in [-0.2, -0.15) is 0 Å². The van der Waals surface area contributed by atoms with Gasteiger partial charge in [0.2, 0.25) is 0 Å². The number of rotatable bonds is 5. The fraction of sp³-hybridized carbons (Fsp3) is 0.471. The number of aromatic nitrogens is 2. The Kier molecular flexibility index (Phi) is 3.74. The summed E-state index contributed by atoms with van der Waals surface area (Å²) in [6.45, 7) is 1.18. The first kappa shape index (κ1) is 14.7. The van der Waals surface area contributed by atoms with Crippen LogP contribution in [0.5, 0.6) is 0 Å². The van der Waals surface area contributed by atoms with E-state index in [1.165, 1.54) is 18.4 Å². The Bertz CT molecular complexity index is 664. The van der Waals surface area contributed by atoms with Crippen molar-refractivity contribution in [3.63, 3.8) is 0 Å². The van der Waals surface area contributed by atoms with Crippen LogP contribution in [-0.2, 0) is 23.5 Å². The van der Waals surface area contributed by atoms with Crippen molar-refractivity contribution in [2.45, 2.75) is 44.1 Å². The fourth-order valence-electron chi connectivity index (χ4n) is 4.02. The summed E-state index contributed by atoms with van der Waals surface area (Å²) in [5, 5.41) is 0. The van der Waals surface area contributed by atoms with Crippen LogP contribution in [0.1, 0.15) is 30.7 Å². The van der Waals surface area contributed by atoms with Crippen LogP contribution in [0, 0.1) is 9.62 Å². The van der Waals surface area contributed by atoms with E-state index in [1.807, 2.05) is 18.2 Å². The Morgan fingerprint density at radius 1 is 1.23 bits per heavy atom. The monoisotopic (exact) mass is 409 g/mol. The highest BCUT2D eigenvalue weighted by molar-refractivity contribution is 14.1. The molecular weight excluding hydrogens is 389 g/mol. The van der Waals surface area contributed by atoms with E-state index in [2.05, 4.69) is 50.5 Å². The molecule has 1 aromatic heterocycles. The third kappa shape index (κ3) is 2.49. The molecule has 5 heteroatoms. The lowest BCUT2D eigenvalue weighted by Crippen LogP contribution is -2.40. The van der Waals surface area contributed by atoms with E-state index in [4.69, 9.17) is 10.5 Å². The van der Waals surface area contributed by atoms with Gasteiger partial charge in [0.05, 0.1) is 6.61 Å². The summed E-state index contributed by atoms with van der Waals surface area (Å²) in [7, 11) is 0. The van der Waals surface area contributed by atoms with Crippen molar-refractivity contribution in [2.75, 3.05) is 0 Å². The minimum absolute atomic E-state index is 0.214. The van der Waals surface area contributed by atoms with Crippen molar-refractivity contribution in [3.8, 4) is 0 Å². The zero-order chi connectivity index (χ0) is 15.2. The predicted molar refractivity (Wildman–Crippen MR) is 93.2 cm³/mol. The summed E-state index contributed by atoms with van der Waals surface area (Å²) >= 11 is 2.29. The summed E-state index contributed by atoms with van der Waals surface area (Å²) in [5.41, 5.74) is 7.62. The molecule has 0 radical (unpaired) electrons. The fourth-order valence-corrected chi connectivity index (χ4v) is 4.58. The Morgan fingerprint density at radius 3 is 2.68 bits per heavy atom. The average molecular weight is 409 g/mol. The van der Waals surface area contributed by atoms with Gasteiger partial charge in [-0.05, 0) is 53.3 Å². The normalized spacial score (nSPS) is 29.5. The molecule has 5 rings (SSSR count). The minimum atomic E-state index is 0.214. The number of hydrogen-bond donors (Lipinski definition) is 1. The van der Waals surface area contributed by atoms with E-state index in [1.54, 1.807) is 0 Å². The number of halogens is 1. The third-order valence-corrected chi connectivity index (χ3v) is 5.63. The van der Waals surface area contributed by atoms with Crippen LogP contribution < -0.4 is 5.73 Å². The topological polar surface area (TPSA) is 53.1 Å². The lowest BCUT2D eigenvalue weighted by molar-refractivity contribution is 0.0835. The molecule has 3 saturated carbocycles. The zero-order valence-electron chi connectivity index (χ0n) is 12.4. The molecule has 1 heterocycles. The molecule has 2 bridgehead atoms. The molecule has 0 unspecified atom stereocenters. The van der Waals surface area contributed by atoms with Gasteiger partial charge in [0.1, 0.15) is 16.1 Å². The number of imidazole rings is 1. The summed E-state index contributed by atoms with van der Waals surface area (Å²) in [6.07, 6.45) is 5.64. The number of ether oxygens (including phenoxy) is 1. The number of nitrogens with two attached hydrogens (primary N) is 1. The highest BCUT2D eigenvalue weighted by Crippen LogP contribution is 2.56. The van der Waals surface area contributed by atoms with Gasteiger partial charge in [0.25, 0.3) is 0 Å². The van der Waals surface area contributed by atoms with Crippen molar-refractivity contribution < 1.29 is 4.74 Å². The van der Waals surface area contributed by atoms with Gasteiger partial charge < -0.3 is 15.0 Å². The first-order valence-corrected chi connectivity index (χ1v) is 8.86. The molecule has 116 valence electrons. The van der Waals surface area contributed by atoms with E-state index in [9.17, 15) is 0 Å². The quantitative estimate of drug-likeness (QED) is 0.773. The lowest BCUT2D eigenvalue weighted by atomic mass is 9.76. The Labute approximate surface area is 144 Å². The molecule has 22 heavy (non-hydrogen) atoms. The van der Waals surface area contributed by atoms with Gasteiger partial charge in [0.15, 0.2) is 0 Å². The molecule has 0 saturated heterocycles. The van der Waals surface area contributed by atoms with E-state index >= 15 is 0 Å². The van der Waals surface area contributed by atoms with Gasteiger partial charge in [-0.3, -0.25) is 0 Å². The number of fused-ring (bicyclic) bond motifs is 1. The second-order valence-corrected chi connectivity index (χ2v) is 7.69. The lowest BCUT2D eigenvalue weighted by Gasteiger charge is -2.40. The van der Waals surface area contributed by atoms with E-state index in [0.29, 0.717) is 25.2 Å². The number of hydrogen-bond acceptors (Lipinski definition) is 3. The Morgan fingerprint density at radius 2 is 2.00 bits per heavy atom. The first-order valence-electron chi connectivity index (χ1n) is 7.78. The SMILES string of the molecule is N[C@H]1CC2(n3cc(I)nc3COCc3ccccc3)CC1C2. The molecule has 2 aromatic rings. The average Bonchev–Trinajstić information content (AvgIpc) is 3.10. The molecule has 1 atom stereocenters.